The number of aromatic nitrogens is 1. The third-order valence-corrected chi connectivity index (χ3v) is 4.66. The highest BCUT2D eigenvalue weighted by atomic mass is 32.1. The van der Waals surface area contributed by atoms with Gasteiger partial charge < -0.3 is 10.1 Å². The molecular formula is C19H17N3O3S. The van der Waals surface area contributed by atoms with Crippen molar-refractivity contribution in [1.29, 1.82) is 0 Å². The van der Waals surface area contributed by atoms with Crippen LogP contribution in [-0.2, 0) is 9.53 Å². The third kappa shape index (κ3) is 4.07. The van der Waals surface area contributed by atoms with Gasteiger partial charge in [-0.25, -0.2) is 9.78 Å². The Labute approximate surface area is 154 Å². The highest BCUT2D eigenvalue weighted by Gasteiger charge is 2.10. The Morgan fingerprint density at radius 2 is 1.88 bits per heavy atom. The molecule has 0 bridgehead atoms. The molecule has 0 unspecified atom stereocenters. The number of nitrogens with zero attached hydrogens (tertiary/aromatic N) is 2. The average molecular weight is 367 g/mol. The third-order valence-electron chi connectivity index (χ3n) is 3.66. The molecule has 1 aromatic heterocycles. The summed E-state index contributed by atoms with van der Waals surface area (Å²) in [5, 5.41) is 3.55. The molecule has 7 heteroatoms. The van der Waals surface area contributed by atoms with E-state index in [9.17, 15) is 9.59 Å². The first-order chi connectivity index (χ1) is 12.6. The van der Waals surface area contributed by atoms with Gasteiger partial charge in [-0.05, 0) is 42.5 Å². The van der Waals surface area contributed by atoms with Crippen LogP contribution in [0.15, 0.2) is 54.6 Å². The summed E-state index contributed by atoms with van der Waals surface area (Å²) in [6.07, 6.45) is 2.69. The van der Waals surface area contributed by atoms with E-state index in [1.807, 2.05) is 24.3 Å². The number of hydrogen-bond donors (Lipinski definition) is 1. The smallest absolute Gasteiger partial charge is 0.413 e. The maximum Gasteiger partial charge on any atom is 0.413 e. The zero-order valence-corrected chi connectivity index (χ0v) is 15.1. The fourth-order valence-corrected chi connectivity index (χ4v) is 3.17. The van der Waals surface area contributed by atoms with Gasteiger partial charge in [0.25, 0.3) is 0 Å². The quantitative estimate of drug-likeness (QED) is 0.703. The number of carbonyl (C=O) groups excluding carboxylic acids is 2. The lowest BCUT2D eigenvalue weighted by atomic mass is 10.2. The van der Waals surface area contributed by atoms with Crippen molar-refractivity contribution in [3.63, 3.8) is 0 Å². The normalized spacial score (nSPS) is 10.8. The molecule has 0 atom stereocenters. The van der Waals surface area contributed by atoms with E-state index in [2.05, 4.69) is 15.0 Å². The van der Waals surface area contributed by atoms with E-state index in [0.29, 0.717) is 11.4 Å². The Morgan fingerprint density at radius 1 is 1.15 bits per heavy atom. The fraction of sp³-hybridized carbons (Fsp3) is 0.105. The summed E-state index contributed by atoms with van der Waals surface area (Å²) in [5.74, 6) is -0.252. The number of amides is 2. The van der Waals surface area contributed by atoms with Gasteiger partial charge in [0.05, 0.1) is 17.3 Å². The first kappa shape index (κ1) is 17.6. The van der Waals surface area contributed by atoms with Crippen molar-refractivity contribution < 1.29 is 14.3 Å². The number of benzene rings is 2. The molecule has 26 heavy (non-hydrogen) atoms. The number of nitrogens with one attached hydrogen (secondary N) is 1. The van der Waals surface area contributed by atoms with Crippen LogP contribution in [0.1, 0.15) is 5.01 Å². The van der Waals surface area contributed by atoms with E-state index in [-0.39, 0.29) is 5.91 Å². The largest absolute Gasteiger partial charge is 0.452 e. The van der Waals surface area contributed by atoms with Gasteiger partial charge in [0, 0.05) is 24.5 Å². The van der Waals surface area contributed by atoms with E-state index < -0.39 is 6.09 Å². The molecule has 0 spiro atoms. The fourth-order valence-electron chi connectivity index (χ4n) is 2.30. The minimum absolute atomic E-state index is 0.252. The molecule has 6 nitrogen and oxygen atoms in total. The molecule has 3 rings (SSSR count). The summed E-state index contributed by atoms with van der Waals surface area (Å²) in [4.78, 5) is 29.4. The molecule has 0 fully saturated rings. The Morgan fingerprint density at radius 3 is 2.58 bits per heavy atom. The summed E-state index contributed by atoms with van der Waals surface area (Å²) in [6.45, 7) is 0. The van der Waals surface area contributed by atoms with Gasteiger partial charge in [-0.3, -0.25) is 9.69 Å². The van der Waals surface area contributed by atoms with Gasteiger partial charge in [0.1, 0.15) is 5.01 Å². The molecule has 0 aliphatic carbocycles. The van der Waals surface area contributed by atoms with Gasteiger partial charge in [0.2, 0.25) is 5.91 Å². The minimum atomic E-state index is -0.458. The number of para-hydroxylation sites is 1. The maximum atomic E-state index is 12.1. The SMILES string of the molecule is COC(=O)N(C)c1ccc(NC(=O)/C=C/c2nc3ccccc3s2)cc1. The van der Waals surface area contributed by atoms with Gasteiger partial charge >= 0.3 is 6.09 Å². The lowest BCUT2D eigenvalue weighted by Crippen LogP contribution is -2.25. The summed E-state index contributed by atoms with van der Waals surface area (Å²) >= 11 is 1.53. The van der Waals surface area contributed by atoms with Gasteiger partial charge in [0.15, 0.2) is 0 Å². The summed E-state index contributed by atoms with van der Waals surface area (Å²) in [7, 11) is 2.94. The zero-order chi connectivity index (χ0) is 18.5. The van der Waals surface area contributed by atoms with Crippen LogP contribution in [-0.4, -0.2) is 31.1 Å². The molecule has 1 N–H and O–H groups in total. The number of thiazole rings is 1. The first-order valence-corrected chi connectivity index (χ1v) is 8.65. The van der Waals surface area contributed by atoms with Crippen molar-refractivity contribution >= 4 is 51.0 Å². The standard InChI is InChI=1S/C19H17N3O3S/c1-22(19(24)25-2)14-9-7-13(8-10-14)20-17(23)11-12-18-21-15-5-3-4-6-16(15)26-18/h3-12H,1-2H3,(H,20,23)/b12-11+. The Bertz CT molecular complexity index is 931. The van der Waals surface area contributed by atoms with Crippen LogP contribution in [0.2, 0.25) is 0 Å². The van der Waals surface area contributed by atoms with Crippen molar-refractivity contribution in [1.82, 2.24) is 4.98 Å². The first-order valence-electron chi connectivity index (χ1n) is 7.83. The number of ether oxygens (including phenoxy) is 1. The van der Waals surface area contributed by atoms with Crippen LogP contribution in [0.25, 0.3) is 16.3 Å². The van der Waals surface area contributed by atoms with E-state index >= 15 is 0 Å². The number of anilines is 2. The second kappa shape index (κ2) is 7.79. The van der Waals surface area contributed by atoms with Gasteiger partial charge in [-0.2, -0.15) is 0 Å². The monoisotopic (exact) mass is 367 g/mol. The predicted molar refractivity (Wildman–Crippen MR) is 105 cm³/mol. The lowest BCUT2D eigenvalue weighted by molar-refractivity contribution is -0.111. The Hall–Kier alpha value is -3.19. The molecule has 0 radical (unpaired) electrons. The summed E-state index contributed by atoms with van der Waals surface area (Å²) < 4.78 is 5.74. The second-order valence-corrected chi connectivity index (χ2v) is 6.48. The number of carbonyl (C=O) groups is 2. The van der Waals surface area contributed by atoms with E-state index in [0.717, 1.165) is 15.2 Å². The molecule has 0 aliphatic heterocycles. The number of hydrogen-bond acceptors (Lipinski definition) is 5. The molecular weight excluding hydrogens is 350 g/mol. The van der Waals surface area contributed by atoms with E-state index in [4.69, 9.17) is 0 Å². The maximum absolute atomic E-state index is 12.1. The van der Waals surface area contributed by atoms with Gasteiger partial charge in [-0.15, -0.1) is 11.3 Å². The second-order valence-electron chi connectivity index (χ2n) is 5.42. The zero-order valence-electron chi connectivity index (χ0n) is 14.3. The van der Waals surface area contributed by atoms with Crippen molar-refractivity contribution in [3.05, 3.63) is 59.6 Å². The summed E-state index contributed by atoms with van der Waals surface area (Å²) in [6, 6.07) is 14.7. The molecule has 1 heterocycles. The van der Waals surface area contributed by atoms with Crippen LogP contribution in [0.5, 0.6) is 0 Å². The van der Waals surface area contributed by atoms with Crippen molar-refractivity contribution in [3.8, 4) is 0 Å². The minimum Gasteiger partial charge on any atom is -0.452 e. The van der Waals surface area contributed by atoms with Crippen molar-refractivity contribution in [2.24, 2.45) is 0 Å². The van der Waals surface area contributed by atoms with Crippen molar-refractivity contribution in [2.45, 2.75) is 0 Å². The Kier molecular flexibility index (Phi) is 5.28. The van der Waals surface area contributed by atoms with Crippen LogP contribution < -0.4 is 10.2 Å². The van der Waals surface area contributed by atoms with Gasteiger partial charge in [-0.1, -0.05) is 12.1 Å². The number of rotatable bonds is 4. The van der Waals surface area contributed by atoms with Crippen LogP contribution in [0.4, 0.5) is 16.2 Å². The van der Waals surface area contributed by atoms with Crippen molar-refractivity contribution in [2.75, 3.05) is 24.4 Å². The van der Waals surface area contributed by atoms with E-state index in [1.54, 1.807) is 37.4 Å². The summed E-state index contributed by atoms with van der Waals surface area (Å²) in [5.41, 5.74) is 2.22. The average Bonchev–Trinajstić information content (AvgIpc) is 3.09. The molecule has 3 aromatic rings. The molecule has 2 aromatic carbocycles. The lowest BCUT2D eigenvalue weighted by Gasteiger charge is -2.15. The molecule has 2 amide bonds. The van der Waals surface area contributed by atoms with E-state index in [1.165, 1.54) is 29.4 Å². The predicted octanol–water partition coefficient (Wildman–Crippen LogP) is 4.15. The molecule has 0 saturated carbocycles. The number of fused-ring (bicyclic) bond motifs is 1. The molecule has 0 saturated heterocycles. The Balaban J connectivity index is 1.63. The highest BCUT2D eigenvalue weighted by Crippen LogP contribution is 2.22. The van der Waals surface area contributed by atoms with Crippen LogP contribution >= 0.6 is 11.3 Å². The van der Waals surface area contributed by atoms with Crippen LogP contribution in [0, 0.1) is 0 Å². The van der Waals surface area contributed by atoms with Crippen LogP contribution in [0.3, 0.4) is 0 Å². The molecule has 0 aliphatic rings. The molecule has 132 valence electrons. The highest BCUT2D eigenvalue weighted by molar-refractivity contribution is 7.19. The number of methoxy groups -OCH3 is 1. The topological polar surface area (TPSA) is 71.5 Å².